The molecule has 3 aromatic carbocycles. The van der Waals surface area contributed by atoms with Crippen LogP contribution in [0.25, 0.3) is 22.8 Å². The Balaban J connectivity index is 1.19. The van der Waals surface area contributed by atoms with E-state index < -0.39 is 5.97 Å². The number of aromatic nitrogens is 2. The van der Waals surface area contributed by atoms with Crippen molar-refractivity contribution in [2.75, 3.05) is 43.5 Å². The van der Waals surface area contributed by atoms with Gasteiger partial charge in [-0.2, -0.15) is 4.98 Å². The molecular formula is C28H27N5O4. The van der Waals surface area contributed by atoms with E-state index in [0.29, 0.717) is 49.1 Å². The van der Waals surface area contributed by atoms with Crippen LogP contribution in [-0.2, 0) is 4.74 Å². The second-order valence-corrected chi connectivity index (χ2v) is 8.78. The Labute approximate surface area is 214 Å². The summed E-state index contributed by atoms with van der Waals surface area (Å²) in [6.45, 7) is 4.51. The van der Waals surface area contributed by atoms with Crippen molar-refractivity contribution < 1.29 is 18.8 Å². The molecule has 1 saturated heterocycles. The van der Waals surface area contributed by atoms with Crippen LogP contribution in [-0.4, -0.2) is 60.3 Å². The zero-order valence-corrected chi connectivity index (χ0v) is 20.7. The van der Waals surface area contributed by atoms with E-state index >= 15 is 0 Å². The van der Waals surface area contributed by atoms with Gasteiger partial charge < -0.3 is 24.4 Å². The number of urea groups is 1. The molecule has 9 heteroatoms. The third kappa shape index (κ3) is 5.30. The van der Waals surface area contributed by atoms with Crippen LogP contribution in [0.2, 0.25) is 0 Å². The Morgan fingerprint density at radius 1 is 0.892 bits per heavy atom. The minimum absolute atomic E-state index is 0.243. The first-order chi connectivity index (χ1) is 18.0. The SMILES string of the molecule is COC(=O)c1ccccc1NC(=O)N1CCN(c2ccc(-c3noc(-c4ccc(C)cc4)n3)cc2)CC1. The van der Waals surface area contributed by atoms with Crippen molar-refractivity contribution in [3.8, 4) is 22.8 Å². The number of rotatable bonds is 5. The molecule has 0 spiro atoms. The molecule has 0 unspecified atom stereocenters. The summed E-state index contributed by atoms with van der Waals surface area (Å²) in [4.78, 5) is 33.3. The zero-order chi connectivity index (χ0) is 25.8. The van der Waals surface area contributed by atoms with Crippen LogP contribution in [0, 0.1) is 6.92 Å². The van der Waals surface area contributed by atoms with Crippen LogP contribution in [0.1, 0.15) is 15.9 Å². The molecule has 0 saturated carbocycles. The van der Waals surface area contributed by atoms with E-state index in [2.05, 4.69) is 20.4 Å². The number of ether oxygens (including phenoxy) is 1. The number of piperazine rings is 1. The highest BCUT2D eigenvalue weighted by Gasteiger charge is 2.23. The van der Waals surface area contributed by atoms with E-state index in [1.54, 1.807) is 29.2 Å². The van der Waals surface area contributed by atoms with E-state index in [-0.39, 0.29) is 6.03 Å². The summed E-state index contributed by atoms with van der Waals surface area (Å²) >= 11 is 0. The largest absolute Gasteiger partial charge is 0.465 e. The average Bonchev–Trinajstić information content (AvgIpc) is 3.44. The highest BCUT2D eigenvalue weighted by atomic mass is 16.5. The lowest BCUT2D eigenvalue weighted by molar-refractivity contribution is 0.0602. The van der Waals surface area contributed by atoms with Gasteiger partial charge in [0.15, 0.2) is 0 Å². The Kier molecular flexibility index (Phi) is 6.85. The van der Waals surface area contributed by atoms with Crippen molar-refractivity contribution in [3.05, 3.63) is 83.9 Å². The Hall–Kier alpha value is -4.66. The van der Waals surface area contributed by atoms with Crippen molar-refractivity contribution in [3.63, 3.8) is 0 Å². The van der Waals surface area contributed by atoms with Crippen molar-refractivity contribution >= 4 is 23.4 Å². The van der Waals surface area contributed by atoms with Gasteiger partial charge in [-0.05, 0) is 55.5 Å². The van der Waals surface area contributed by atoms with Gasteiger partial charge in [0.25, 0.3) is 5.89 Å². The summed E-state index contributed by atoms with van der Waals surface area (Å²) < 4.78 is 10.3. The molecule has 0 atom stereocenters. The number of anilines is 2. The van der Waals surface area contributed by atoms with Gasteiger partial charge in [0, 0.05) is 43.0 Å². The van der Waals surface area contributed by atoms with Gasteiger partial charge >= 0.3 is 12.0 Å². The zero-order valence-electron chi connectivity index (χ0n) is 20.7. The summed E-state index contributed by atoms with van der Waals surface area (Å²) in [5, 5.41) is 6.97. The smallest absolute Gasteiger partial charge is 0.339 e. The Bertz CT molecular complexity index is 1390. The Morgan fingerprint density at radius 3 is 2.27 bits per heavy atom. The number of methoxy groups -OCH3 is 1. The molecular weight excluding hydrogens is 470 g/mol. The van der Waals surface area contributed by atoms with E-state index in [1.165, 1.54) is 12.7 Å². The second-order valence-electron chi connectivity index (χ2n) is 8.78. The molecule has 9 nitrogen and oxygen atoms in total. The predicted molar refractivity (Wildman–Crippen MR) is 140 cm³/mol. The quantitative estimate of drug-likeness (QED) is 0.393. The number of esters is 1. The normalized spacial score (nSPS) is 13.4. The average molecular weight is 498 g/mol. The highest BCUT2D eigenvalue weighted by Crippen LogP contribution is 2.25. The summed E-state index contributed by atoms with van der Waals surface area (Å²) in [6.07, 6.45) is 0. The lowest BCUT2D eigenvalue weighted by Crippen LogP contribution is -2.50. The van der Waals surface area contributed by atoms with Crippen LogP contribution in [0.15, 0.2) is 77.3 Å². The predicted octanol–water partition coefficient (Wildman–Crippen LogP) is 4.85. The van der Waals surface area contributed by atoms with Gasteiger partial charge in [0.2, 0.25) is 5.82 Å². The van der Waals surface area contributed by atoms with Crippen molar-refractivity contribution in [2.24, 2.45) is 0 Å². The van der Waals surface area contributed by atoms with Crippen LogP contribution in [0.4, 0.5) is 16.2 Å². The monoisotopic (exact) mass is 497 g/mol. The van der Waals surface area contributed by atoms with E-state index in [4.69, 9.17) is 9.26 Å². The van der Waals surface area contributed by atoms with Crippen molar-refractivity contribution in [2.45, 2.75) is 6.92 Å². The summed E-state index contributed by atoms with van der Waals surface area (Å²) in [5.41, 5.74) is 4.74. The topological polar surface area (TPSA) is 101 Å². The molecule has 0 aliphatic carbocycles. The van der Waals surface area contributed by atoms with Crippen molar-refractivity contribution in [1.82, 2.24) is 15.0 Å². The number of aryl methyl sites for hydroxylation is 1. The highest BCUT2D eigenvalue weighted by molar-refractivity contribution is 6.00. The molecule has 2 heterocycles. The summed E-state index contributed by atoms with van der Waals surface area (Å²) in [7, 11) is 1.32. The summed E-state index contributed by atoms with van der Waals surface area (Å²) in [5.74, 6) is 0.537. The Morgan fingerprint density at radius 2 is 1.57 bits per heavy atom. The van der Waals surface area contributed by atoms with Crippen LogP contribution < -0.4 is 10.2 Å². The maximum absolute atomic E-state index is 12.8. The first kappa shape index (κ1) is 24.1. The number of benzene rings is 3. The first-order valence-corrected chi connectivity index (χ1v) is 12.0. The fourth-order valence-electron chi connectivity index (χ4n) is 4.22. The van der Waals surface area contributed by atoms with Crippen LogP contribution in [0.3, 0.4) is 0 Å². The number of carbonyl (C=O) groups is 2. The van der Waals surface area contributed by atoms with Crippen molar-refractivity contribution in [1.29, 1.82) is 0 Å². The van der Waals surface area contributed by atoms with E-state index in [9.17, 15) is 9.59 Å². The molecule has 188 valence electrons. The minimum Gasteiger partial charge on any atom is -0.465 e. The number of carbonyl (C=O) groups excluding carboxylic acids is 2. The molecule has 37 heavy (non-hydrogen) atoms. The fraction of sp³-hybridized carbons (Fsp3) is 0.214. The molecule has 1 aromatic heterocycles. The fourth-order valence-corrected chi connectivity index (χ4v) is 4.22. The van der Waals surface area contributed by atoms with Crippen LogP contribution in [0.5, 0.6) is 0 Å². The number of nitrogens with zero attached hydrogens (tertiary/aromatic N) is 4. The molecule has 4 aromatic rings. The van der Waals surface area contributed by atoms with Gasteiger partial charge in [-0.3, -0.25) is 0 Å². The minimum atomic E-state index is -0.489. The number of hydrogen-bond acceptors (Lipinski definition) is 7. The molecule has 5 rings (SSSR count). The molecule has 1 aliphatic rings. The first-order valence-electron chi connectivity index (χ1n) is 12.0. The molecule has 0 bridgehead atoms. The molecule has 1 aliphatic heterocycles. The van der Waals surface area contributed by atoms with Gasteiger partial charge in [0.1, 0.15) is 0 Å². The molecule has 1 N–H and O–H groups in total. The lowest BCUT2D eigenvalue weighted by Gasteiger charge is -2.36. The van der Waals surface area contributed by atoms with E-state index in [0.717, 1.165) is 16.8 Å². The van der Waals surface area contributed by atoms with Gasteiger partial charge in [-0.15, -0.1) is 0 Å². The summed E-state index contributed by atoms with van der Waals surface area (Å²) in [6, 6.07) is 22.5. The molecule has 0 radical (unpaired) electrons. The molecule has 2 amide bonds. The maximum atomic E-state index is 12.8. The van der Waals surface area contributed by atoms with Gasteiger partial charge in [-0.1, -0.05) is 35.0 Å². The third-order valence-electron chi connectivity index (χ3n) is 6.36. The number of nitrogens with one attached hydrogen (secondary N) is 1. The molecule has 1 fully saturated rings. The maximum Gasteiger partial charge on any atom is 0.339 e. The second kappa shape index (κ2) is 10.5. The third-order valence-corrected chi connectivity index (χ3v) is 6.36. The van der Waals surface area contributed by atoms with Crippen LogP contribution >= 0.6 is 0 Å². The van der Waals surface area contributed by atoms with E-state index in [1.807, 2.05) is 55.5 Å². The number of amides is 2. The number of para-hydroxylation sites is 1. The van der Waals surface area contributed by atoms with Gasteiger partial charge in [-0.25, -0.2) is 9.59 Å². The standard InChI is InChI=1S/C28H27N5O4/c1-19-7-9-21(10-8-19)26-30-25(31-37-26)20-11-13-22(14-12-20)32-15-17-33(18-16-32)28(35)29-24-6-4-3-5-23(24)27(34)36-2/h3-14H,15-18H2,1-2H3,(H,29,35). The number of hydrogen-bond donors (Lipinski definition) is 1. The van der Waals surface area contributed by atoms with Gasteiger partial charge in [0.05, 0.1) is 18.4 Å². The lowest BCUT2D eigenvalue weighted by atomic mass is 10.1.